The van der Waals surface area contributed by atoms with Gasteiger partial charge in [-0.3, -0.25) is 4.68 Å². The molecule has 0 spiro atoms. The minimum atomic E-state index is -0.201. The van der Waals surface area contributed by atoms with Gasteiger partial charge >= 0.3 is 0 Å². The number of hydrogen-bond donors (Lipinski definition) is 1. The van der Waals surface area contributed by atoms with Gasteiger partial charge in [-0.25, -0.2) is 4.39 Å². The van der Waals surface area contributed by atoms with Gasteiger partial charge in [-0.2, -0.15) is 5.10 Å². The molecule has 0 aliphatic rings. The molecule has 1 aromatic carbocycles. The standard InChI is InChI=1S/C16H22FN3/c1-10(14-6-8-15(17)9-7-14)18-11(2)16-12(3)19-20(5)13(16)4/h6-11,18H,1-5H3. The number of nitrogens with zero attached hydrogens (tertiary/aromatic N) is 2. The summed E-state index contributed by atoms with van der Waals surface area (Å²) in [6.07, 6.45) is 0. The van der Waals surface area contributed by atoms with E-state index in [-0.39, 0.29) is 17.9 Å². The van der Waals surface area contributed by atoms with Gasteiger partial charge in [0.1, 0.15) is 5.82 Å². The van der Waals surface area contributed by atoms with E-state index in [4.69, 9.17) is 0 Å². The highest BCUT2D eigenvalue weighted by Crippen LogP contribution is 2.24. The van der Waals surface area contributed by atoms with Crippen LogP contribution in [0.25, 0.3) is 0 Å². The van der Waals surface area contributed by atoms with E-state index < -0.39 is 0 Å². The second-order valence-electron chi connectivity index (χ2n) is 5.37. The summed E-state index contributed by atoms with van der Waals surface area (Å²) in [5.41, 5.74) is 4.55. The van der Waals surface area contributed by atoms with Crippen molar-refractivity contribution in [2.45, 2.75) is 39.8 Å². The molecule has 4 heteroatoms. The maximum Gasteiger partial charge on any atom is 0.123 e. The summed E-state index contributed by atoms with van der Waals surface area (Å²) in [7, 11) is 1.96. The van der Waals surface area contributed by atoms with Crippen LogP contribution in [-0.2, 0) is 7.05 Å². The van der Waals surface area contributed by atoms with Crippen LogP contribution in [0.3, 0.4) is 0 Å². The molecular weight excluding hydrogens is 253 g/mol. The van der Waals surface area contributed by atoms with Crippen molar-refractivity contribution in [1.29, 1.82) is 0 Å². The normalized spacial score (nSPS) is 14.3. The fourth-order valence-electron chi connectivity index (χ4n) is 2.72. The van der Waals surface area contributed by atoms with E-state index in [1.165, 1.54) is 23.4 Å². The molecule has 108 valence electrons. The van der Waals surface area contributed by atoms with Crippen LogP contribution in [0.4, 0.5) is 4.39 Å². The molecule has 3 nitrogen and oxygen atoms in total. The number of aromatic nitrogens is 2. The number of rotatable bonds is 4. The first-order valence-electron chi connectivity index (χ1n) is 6.91. The molecule has 0 aliphatic heterocycles. The Hall–Kier alpha value is -1.68. The van der Waals surface area contributed by atoms with E-state index in [9.17, 15) is 4.39 Å². The Balaban J connectivity index is 2.14. The van der Waals surface area contributed by atoms with Gasteiger partial charge in [0.15, 0.2) is 0 Å². The lowest BCUT2D eigenvalue weighted by molar-refractivity contribution is 0.490. The van der Waals surface area contributed by atoms with E-state index in [2.05, 4.69) is 31.2 Å². The lowest BCUT2D eigenvalue weighted by Gasteiger charge is -2.21. The van der Waals surface area contributed by atoms with Gasteiger partial charge in [0, 0.05) is 30.4 Å². The van der Waals surface area contributed by atoms with Crippen molar-refractivity contribution >= 4 is 0 Å². The van der Waals surface area contributed by atoms with Gasteiger partial charge in [0.2, 0.25) is 0 Å². The quantitative estimate of drug-likeness (QED) is 0.924. The molecular formula is C16H22FN3. The van der Waals surface area contributed by atoms with Gasteiger partial charge in [-0.05, 0) is 45.4 Å². The molecule has 1 heterocycles. The van der Waals surface area contributed by atoms with E-state index in [0.29, 0.717) is 0 Å². The average Bonchev–Trinajstić information content (AvgIpc) is 2.63. The van der Waals surface area contributed by atoms with Gasteiger partial charge in [-0.15, -0.1) is 0 Å². The Morgan fingerprint density at radius 1 is 1.10 bits per heavy atom. The van der Waals surface area contributed by atoms with E-state index >= 15 is 0 Å². The van der Waals surface area contributed by atoms with Crippen molar-refractivity contribution in [2.75, 3.05) is 0 Å². The number of nitrogens with one attached hydrogen (secondary N) is 1. The van der Waals surface area contributed by atoms with Crippen molar-refractivity contribution in [3.8, 4) is 0 Å². The summed E-state index contributed by atoms with van der Waals surface area (Å²) in [5, 5.41) is 8.00. The van der Waals surface area contributed by atoms with E-state index in [0.717, 1.165) is 11.3 Å². The lowest BCUT2D eigenvalue weighted by atomic mass is 10.0. The SMILES string of the molecule is Cc1nn(C)c(C)c1C(C)NC(C)c1ccc(F)cc1. The van der Waals surface area contributed by atoms with Crippen molar-refractivity contribution < 1.29 is 4.39 Å². The molecule has 2 aromatic rings. The summed E-state index contributed by atoms with van der Waals surface area (Å²) in [6, 6.07) is 7.00. The van der Waals surface area contributed by atoms with Crippen LogP contribution in [0.15, 0.2) is 24.3 Å². The first kappa shape index (κ1) is 14.7. The third-order valence-corrected chi connectivity index (χ3v) is 3.87. The molecule has 2 atom stereocenters. The summed E-state index contributed by atoms with van der Waals surface area (Å²) in [6.45, 7) is 8.33. The Labute approximate surface area is 119 Å². The summed E-state index contributed by atoms with van der Waals surface area (Å²) >= 11 is 0. The Kier molecular flexibility index (Phi) is 4.23. The third kappa shape index (κ3) is 2.90. The molecule has 0 radical (unpaired) electrons. The molecule has 20 heavy (non-hydrogen) atoms. The summed E-state index contributed by atoms with van der Waals surface area (Å²) in [4.78, 5) is 0. The molecule has 0 bridgehead atoms. The van der Waals surface area contributed by atoms with Gasteiger partial charge in [0.25, 0.3) is 0 Å². The summed E-state index contributed by atoms with van der Waals surface area (Å²) < 4.78 is 14.9. The largest absolute Gasteiger partial charge is 0.304 e. The highest BCUT2D eigenvalue weighted by atomic mass is 19.1. The Bertz CT molecular complexity index is 587. The second-order valence-corrected chi connectivity index (χ2v) is 5.37. The van der Waals surface area contributed by atoms with Crippen LogP contribution in [0, 0.1) is 19.7 Å². The van der Waals surface area contributed by atoms with Crippen molar-refractivity contribution in [3.05, 3.63) is 52.6 Å². The number of halogens is 1. The topological polar surface area (TPSA) is 29.9 Å². The predicted octanol–water partition coefficient (Wildman–Crippen LogP) is 3.59. The number of aryl methyl sites for hydroxylation is 2. The Morgan fingerprint density at radius 3 is 2.20 bits per heavy atom. The number of benzene rings is 1. The van der Waals surface area contributed by atoms with Crippen molar-refractivity contribution in [2.24, 2.45) is 7.05 Å². The minimum absolute atomic E-state index is 0.157. The van der Waals surface area contributed by atoms with Crippen LogP contribution in [-0.4, -0.2) is 9.78 Å². The smallest absolute Gasteiger partial charge is 0.123 e. The first-order valence-corrected chi connectivity index (χ1v) is 6.91. The molecule has 1 aromatic heterocycles. The van der Waals surface area contributed by atoms with Gasteiger partial charge in [-0.1, -0.05) is 12.1 Å². The lowest BCUT2D eigenvalue weighted by Crippen LogP contribution is -2.23. The van der Waals surface area contributed by atoms with Gasteiger partial charge < -0.3 is 5.32 Å². The first-order chi connectivity index (χ1) is 9.40. The van der Waals surface area contributed by atoms with Crippen molar-refractivity contribution in [3.63, 3.8) is 0 Å². The fraction of sp³-hybridized carbons (Fsp3) is 0.438. The third-order valence-electron chi connectivity index (χ3n) is 3.87. The maximum absolute atomic E-state index is 13.0. The Morgan fingerprint density at radius 2 is 1.70 bits per heavy atom. The monoisotopic (exact) mass is 275 g/mol. The van der Waals surface area contributed by atoms with E-state index in [1.807, 2.05) is 30.8 Å². The van der Waals surface area contributed by atoms with Gasteiger partial charge in [0.05, 0.1) is 5.69 Å². The summed E-state index contributed by atoms with van der Waals surface area (Å²) in [5.74, 6) is -0.201. The highest BCUT2D eigenvalue weighted by molar-refractivity contribution is 5.28. The minimum Gasteiger partial charge on any atom is -0.304 e. The molecule has 1 N–H and O–H groups in total. The van der Waals surface area contributed by atoms with Crippen LogP contribution < -0.4 is 5.32 Å². The average molecular weight is 275 g/mol. The molecule has 2 unspecified atom stereocenters. The molecule has 0 aliphatic carbocycles. The zero-order valence-corrected chi connectivity index (χ0v) is 12.7. The maximum atomic E-state index is 13.0. The molecule has 2 rings (SSSR count). The van der Waals surface area contributed by atoms with Crippen molar-refractivity contribution in [1.82, 2.24) is 15.1 Å². The predicted molar refractivity (Wildman–Crippen MR) is 79.0 cm³/mol. The molecule has 0 saturated carbocycles. The zero-order valence-electron chi connectivity index (χ0n) is 12.7. The van der Waals surface area contributed by atoms with Crippen LogP contribution >= 0.6 is 0 Å². The van der Waals surface area contributed by atoms with Crippen LogP contribution in [0.5, 0.6) is 0 Å². The fourth-order valence-corrected chi connectivity index (χ4v) is 2.72. The molecule has 0 saturated heterocycles. The van der Waals surface area contributed by atoms with Crippen LogP contribution in [0.1, 0.15) is 48.4 Å². The van der Waals surface area contributed by atoms with E-state index in [1.54, 1.807) is 0 Å². The van der Waals surface area contributed by atoms with Crippen LogP contribution in [0.2, 0.25) is 0 Å². The zero-order chi connectivity index (χ0) is 14.9. The second kappa shape index (κ2) is 5.75. The molecule has 0 amide bonds. The number of hydrogen-bond acceptors (Lipinski definition) is 2. The molecule has 0 fully saturated rings. The highest BCUT2D eigenvalue weighted by Gasteiger charge is 2.18.